The highest BCUT2D eigenvalue weighted by molar-refractivity contribution is 7.89. The van der Waals surface area contributed by atoms with Gasteiger partial charge in [0.25, 0.3) is 0 Å². The van der Waals surface area contributed by atoms with E-state index in [0.29, 0.717) is 24.6 Å². The van der Waals surface area contributed by atoms with Crippen LogP contribution in [0.25, 0.3) is 0 Å². The summed E-state index contributed by atoms with van der Waals surface area (Å²) in [6.07, 6.45) is 2.00. The molecule has 3 aromatic rings. The van der Waals surface area contributed by atoms with Gasteiger partial charge in [-0.2, -0.15) is 4.31 Å². The highest BCUT2D eigenvalue weighted by Crippen LogP contribution is 2.36. The van der Waals surface area contributed by atoms with Gasteiger partial charge < -0.3 is 9.30 Å². The van der Waals surface area contributed by atoms with Gasteiger partial charge in [-0.25, -0.2) is 8.42 Å². The normalized spacial score (nSPS) is 17.4. The highest BCUT2D eigenvalue weighted by atomic mass is 32.2. The molecule has 140 valence electrons. The highest BCUT2D eigenvalue weighted by Gasteiger charge is 2.37. The summed E-state index contributed by atoms with van der Waals surface area (Å²) in [7, 11) is -3.61. The first-order chi connectivity index (χ1) is 13.1. The fourth-order valence-corrected chi connectivity index (χ4v) is 5.20. The summed E-state index contributed by atoms with van der Waals surface area (Å²) in [5.41, 5.74) is 1.91. The largest absolute Gasteiger partial charge is 0.494 e. The minimum atomic E-state index is -3.61. The summed E-state index contributed by atoms with van der Waals surface area (Å²) in [5.74, 6) is 0.782. The maximum Gasteiger partial charge on any atom is 0.244 e. The van der Waals surface area contributed by atoms with Gasteiger partial charge in [0.2, 0.25) is 10.0 Å². The smallest absolute Gasteiger partial charge is 0.244 e. The van der Waals surface area contributed by atoms with E-state index >= 15 is 0 Å². The van der Waals surface area contributed by atoms with E-state index in [1.807, 2.05) is 55.6 Å². The van der Waals surface area contributed by atoms with E-state index in [-0.39, 0.29) is 6.04 Å². The Morgan fingerprint density at radius 2 is 1.70 bits per heavy atom. The summed E-state index contributed by atoms with van der Waals surface area (Å²) in [6.45, 7) is 3.61. The van der Waals surface area contributed by atoms with Crippen LogP contribution in [0.5, 0.6) is 5.75 Å². The van der Waals surface area contributed by atoms with Crippen LogP contribution in [0.2, 0.25) is 0 Å². The van der Waals surface area contributed by atoms with Crippen molar-refractivity contribution in [1.82, 2.24) is 8.87 Å². The first-order valence-electron chi connectivity index (χ1n) is 9.06. The average Bonchev–Trinajstić information content (AvgIpc) is 3.18. The first-order valence-corrected chi connectivity index (χ1v) is 10.5. The molecule has 0 saturated carbocycles. The topological polar surface area (TPSA) is 51.5 Å². The Hall–Kier alpha value is -2.57. The number of hydrogen-bond acceptors (Lipinski definition) is 3. The lowest BCUT2D eigenvalue weighted by atomic mass is 10.0. The van der Waals surface area contributed by atoms with Crippen molar-refractivity contribution in [2.75, 3.05) is 13.2 Å². The Morgan fingerprint density at radius 3 is 2.41 bits per heavy atom. The number of hydrogen-bond donors (Lipinski definition) is 0. The Labute approximate surface area is 159 Å². The molecule has 0 fully saturated rings. The van der Waals surface area contributed by atoms with Gasteiger partial charge in [-0.1, -0.05) is 30.3 Å². The van der Waals surface area contributed by atoms with Crippen molar-refractivity contribution in [1.29, 1.82) is 0 Å². The van der Waals surface area contributed by atoms with Crippen molar-refractivity contribution in [2.24, 2.45) is 0 Å². The van der Waals surface area contributed by atoms with E-state index in [0.717, 1.165) is 17.0 Å². The summed E-state index contributed by atoms with van der Waals surface area (Å²) in [4.78, 5) is 0.320. The van der Waals surface area contributed by atoms with Gasteiger partial charge in [-0.15, -0.1) is 0 Å². The van der Waals surface area contributed by atoms with Crippen LogP contribution in [0.4, 0.5) is 0 Å². The molecule has 6 heteroatoms. The molecule has 1 unspecified atom stereocenters. The second-order valence-corrected chi connectivity index (χ2v) is 8.35. The predicted octanol–water partition coefficient (Wildman–Crippen LogP) is 3.68. The number of rotatable bonds is 5. The van der Waals surface area contributed by atoms with E-state index in [2.05, 4.69) is 4.57 Å². The molecular formula is C21H22N2O3S. The van der Waals surface area contributed by atoms with Crippen LogP contribution < -0.4 is 4.74 Å². The third kappa shape index (κ3) is 3.26. The molecule has 5 nitrogen and oxygen atoms in total. The van der Waals surface area contributed by atoms with E-state index in [1.54, 1.807) is 28.6 Å². The molecule has 1 aliphatic rings. The van der Waals surface area contributed by atoms with Gasteiger partial charge in [-0.3, -0.25) is 0 Å². The van der Waals surface area contributed by atoms with Gasteiger partial charge in [-0.05, 0) is 48.9 Å². The zero-order valence-electron chi connectivity index (χ0n) is 15.2. The number of sulfonamides is 1. The van der Waals surface area contributed by atoms with E-state index < -0.39 is 10.0 Å². The van der Waals surface area contributed by atoms with Crippen LogP contribution in [0.3, 0.4) is 0 Å². The molecule has 4 rings (SSSR count). The Balaban J connectivity index is 1.79. The summed E-state index contributed by atoms with van der Waals surface area (Å²) < 4.78 is 36.0. The zero-order chi connectivity index (χ0) is 18.9. The van der Waals surface area contributed by atoms with Crippen LogP contribution in [0.15, 0.2) is 77.8 Å². The molecule has 0 saturated heterocycles. The van der Waals surface area contributed by atoms with Gasteiger partial charge in [0, 0.05) is 25.0 Å². The van der Waals surface area contributed by atoms with Gasteiger partial charge in [0.15, 0.2) is 0 Å². The molecule has 27 heavy (non-hydrogen) atoms. The van der Waals surface area contributed by atoms with Gasteiger partial charge in [0.05, 0.1) is 17.5 Å². The molecule has 1 atom stereocenters. The number of nitrogens with zero attached hydrogens (tertiary/aromatic N) is 2. The Bertz CT molecular complexity index is 1010. The number of benzene rings is 2. The standard InChI is InChI=1S/C21H22N2O3S/c1-2-26-18-12-10-17(11-13-18)21-20-9-6-14-22(20)15-16-23(21)27(24,25)19-7-4-3-5-8-19/h3-14,21H,2,15-16H2,1H3. The van der Waals surface area contributed by atoms with Crippen molar-refractivity contribution in [3.63, 3.8) is 0 Å². The molecule has 0 radical (unpaired) electrons. The predicted molar refractivity (Wildman–Crippen MR) is 104 cm³/mol. The molecule has 1 aromatic heterocycles. The molecular weight excluding hydrogens is 360 g/mol. The van der Waals surface area contributed by atoms with Crippen LogP contribution in [-0.4, -0.2) is 30.4 Å². The third-order valence-corrected chi connectivity index (χ3v) is 6.73. The molecule has 2 heterocycles. The Kier molecular flexibility index (Phi) is 4.76. The molecule has 0 aliphatic carbocycles. The molecule has 1 aliphatic heterocycles. The molecule has 0 bridgehead atoms. The molecule has 2 aromatic carbocycles. The molecule has 0 spiro atoms. The summed E-state index contributed by atoms with van der Waals surface area (Å²) in [5, 5.41) is 0. The van der Waals surface area contributed by atoms with Crippen molar-refractivity contribution < 1.29 is 13.2 Å². The summed E-state index contributed by atoms with van der Waals surface area (Å²) in [6, 6.07) is 19.9. The van der Waals surface area contributed by atoms with Gasteiger partial charge in [0.1, 0.15) is 5.75 Å². The van der Waals surface area contributed by atoms with Crippen LogP contribution in [-0.2, 0) is 16.6 Å². The SMILES string of the molecule is CCOc1ccc(C2c3cccn3CCN2S(=O)(=O)c2ccccc2)cc1. The second-order valence-electron chi connectivity index (χ2n) is 6.46. The van der Waals surface area contributed by atoms with Crippen molar-refractivity contribution >= 4 is 10.0 Å². The fraction of sp³-hybridized carbons (Fsp3) is 0.238. The lowest BCUT2D eigenvalue weighted by Crippen LogP contribution is -2.42. The van der Waals surface area contributed by atoms with E-state index in [9.17, 15) is 8.42 Å². The van der Waals surface area contributed by atoms with Crippen LogP contribution >= 0.6 is 0 Å². The first kappa shape index (κ1) is 17.8. The third-order valence-electron chi connectivity index (χ3n) is 4.85. The second kappa shape index (κ2) is 7.21. The minimum Gasteiger partial charge on any atom is -0.494 e. The lowest BCUT2D eigenvalue weighted by Gasteiger charge is -2.36. The van der Waals surface area contributed by atoms with Crippen molar-refractivity contribution in [3.05, 3.63) is 84.2 Å². The quantitative estimate of drug-likeness (QED) is 0.676. The Morgan fingerprint density at radius 1 is 0.963 bits per heavy atom. The number of ether oxygens (including phenoxy) is 1. The average molecular weight is 382 g/mol. The van der Waals surface area contributed by atoms with E-state index in [4.69, 9.17) is 4.74 Å². The fourth-order valence-electron chi connectivity index (χ4n) is 3.60. The lowest BCUT2D eigenvalue weighted by molar-refractivity contribution is 0.298. The zero-order valence-corrected chi connectivity index (χ0v) is 16.0. The summed E-state index contributed by atoms with van der Waals surface area (Å²) >= 11 is 0. The number of fused-ring (bicyclic) bond motifs is 1. The number of aromatic nitrogens is 1. The van der Waals surface area contributed by atoms with E-state index in [1.165, 1.54) is 0 Å². The maximum atomic E-state index is 13.4. The molecule has 0 N–H and O–H groups in total. The monoisotopic (exact) mass is 382 g/mol. The maximum absolute atomic E-state index is 13.4. The molecule has 0 amide bonds. The van der Waals surface area contributed by atoms with Crippen molar-refractivity contribution in [2.45, 2.75) is 24.4 Å². The van der Waals surface area contributed by atoms with Crippen LogP contribution in [0.1, 0.15) is 24.2 Å². The van der Waals surface area contributed by atoms with Crippen molar-refractivity contribution in [3.8, 4) is 5.75 Å². The minimum absolute atomic E-state index is 0.320. The van der Waals surface area contributed by atoms with Gasteiger partial charge >= 0.3 is 0 Å². The van der Waals surface area contributed by atoms with Crippen LogP contribution in [0, 0.1) is 0 Å².